The number of ether oxygens (including phenoxy) is 1. The molecule has 0 radical (unpaired) electrons. The summed E-state index contributed by atoms with van der Waals surface area (Å²) in [5.74, 6) is -0.580. The van der Waals surface area contributed by atoms with Crippen molar-refractivity contribution in [2.45, 2.75) is 38.9 Å². The summed E-state index contributed by atoms with van der Waals surface area (Å²) in [7, 11) is -0.418. The van der Waals surface area contributed by atoms with Gasteiger partial charge in [0.05, 0.1) is 23.9 Å². The highest BCUT2D eigenvalue weighted by Gasteiger charge is 2.31. The number of rotatable bonds is 3. The Balaban J connectivity index is 0.000000433. The second-order valence-corrected chi connectivity index (χ2v) is 5.57. The third-order valence-electron chi connectivity index (χ3n) is 3.14. The molecule has 0 aliphatic rings. The highest BCUT2D eigenvalue weighted by atomic mass is 16.5. The summed E-state index contributed by atoms with van der Waals surface area (Å²) in [6, 6.07) is 6.16. The second kappa shape index (κ2) is 7.56. The molecule has 0 atom stereocenters. The summed E-state index contributed by atoms with van der Waals surface area (Å²) in [5.41, 5.74) is -1.70. The minimum Gasteiger partial charge on any atom is -0.465 e. The van der Waals surface area contributed by atoms with Gasteiger partial charge in [-0.1, -0.05) is 18.2 Å². The van der Waals surface area contributed by atoms with Crippen LogP contribution < -0.4 is 5.46 Å². The normalized spacial score (nSPS) is 11.3. The molecule has 0 unspecified atom stereocenters. The highest BCUT2D eigenvalue weighted by Crippen LogP contribution is 2.19. The Morgan fingerprint density at radius 3 is 1.81 bits per heavy atom. The molecular formula is C14H23BO6. The SMILES string of the molecule is CC(C)(O)C(C)(C)O.COC(=O)c1ccccc1B(O)O. The summed E-state index contributed by atoms with van der Waals surface area (Å²) in [5, 5.41) is 36.0. The minimum absolute atomic E-state index is 0.148. The molecule has 0 heterocycles. The van der Waals surface area contributed by atoms with Crippen molar-refractivity contribution in [1.82, 2.24) is 0 Å². The molecule has 0 aliphatic carbocycles. The molecule has 6 nitrogen and oxygen atoms in total. The summed E-state index contributed by atoms with van der Waals surface area (Å²) in [6.45, 7) is 6.31. The number of aliphatic hydroxyl groups is 2. The lowest BCUT2D eigenvalue weighted by Crippen LogP contribution is -2.44. The van der Waals surface area contributed by atoms with E-state index in [2.05, 4.69) is 4.74 Å². The molecule has 21 heavy (non-hydrogen) atoms. The van der Waals surface area contributed by atoms with Gasteiger partial charge in [0.1, 0.15) is 0 Å². The quantitative estimate of drug-likeness (QED) is 0.450. The third-order valence-corrected chi connectivity index (χ3v) is 3.14. The molecular weight excluding hydrogens is 275 g/mol. The molecule has 0 amide bonds. The van der Waals surface area contributed by atoms with Gasteiger partial charge in [-0.05, 0) is 39.2 Å². The van der Waals surface area contributed by atoms with E-state index in [1.54, 1.807) is 39.8 Å². The van der Waals surface area contributed by atoms with Crippen LogP contribution in [-0.2, 0) is 4.74 Å². The number of hydrogen-bond donors (Lipinski definition) is 4. The van der Waals surface area contributed by atoms with E-state index in [9.17, 15) is 4.79 Å². The summed E-state index contributed by atoms with van der Waals surface area (Å²) < 4.78 is 4.47. The summed E-state index contributed by atoms with van der Waals surface area (Å²) in [4.78, 5) is 11.1. The lowest BCUT2D eigenvalue weighted by atomic mass is 9.77. The fourth-order valence-electron chi connectivity index (χ4n) is 1.02. The van der Waals surface area contributed by atoms with Gasteiger partial charge in [0, 0.05) is 0 Å². The van der Waals surface area contributed by atoms with Gasteiger partial charge in [-0.15, -0.1) is 0 Å². The topological polar surface area (TPSA) is 107 Å². The first-order valence-electron chi connectivity index (χ1n) is 6.40. The molecule has 0 saturated heterocycles. The van der Waals surface area contributed by atoms with Crippen molar-refractivity contribution < 1.29 is 29.8 Å². The average molecular weight is 298 g/mol. The van der Waals surface area contributed by atoms with Gasteiger partial charge >= 0.3 is 13.1 Å². The predicted octanol–water partition coefficient (Wildman–Crippen LogP) is -0.319. The third kappa shape index (κ3) is 6.26. The summed E-state index contributed by atoms with van der Waals surface area (Å²) >= 11 is 0. The molecule has 1 aromatic carbocycles. The van der Waals surface area contributed by atoms with E-state index in [1.165, 1.54) is 19.2 Å². The molecule has 118 valence electrons. The Labute approximate surface area is 125 Å². The van der Waals surface area contributed by atoms with Crippen LogP contribution >= 0.6 is 0 Å². The van der Waals surface area contributed by atoms with Crippen molar-refractivity contribution >= 4 is 18.6 Å². The van der Waals surface area contributed by atoms with Crippen LogP contribution in [-0.4, -0.2) is 51.7 Å². The van der Waals surface area contributed by atoms with Crippen LogP contribution in [0.2, 0.25) is 0 Å². The Bertz CT molecular complexity index is 447. The predicted molar refractivity (Wildman–Crippen MR) is 80.2 cm³/mol. The number of hydrogen-bond acceptors (Lipinski definition) is 6. The largest absolute Gasteiger partial charge is 0.489 e. The monoisotopic (exact) mass is 298 g/mol. The summed E-state index contributed by atoms with van der Waals surface area (Å²) in [6.07, 6.45) is 0. The van der Waals surface area contributed by atoms with E-state index in [4.69, 9.17) is 20.3 Å². The van der Waals surface area contributed by atoms with Gasteiger partial charge in [0.25, 0.3) is 0 Å². The molecule has 0 aromatic heterocycles. The average Bonchev–Trinajstić information content (AvgIpc) is 2.36. The van der Waals surface area contributed by atoms with E-state index in [1.807, 2.05) is 0 Å². The minimum atomic E-state index is -1.66. The molecule has 0 bridgehead atoms. The highest BCUT2D eigenvalue weighted by molar-refractivity contribution is 6.60. The number of carbonyl (C=O) groups excluding carboxylic acids is 1. The zero-order chi connectivity index (χ0) is 16.8. The van der Waals surface area contributed by atoms with E-state index < -0.39 is 24.3 Å². The zero-order valence-corrected chi connectivity index (χ0v) is 13.0. The van der Waals surface area contributed by atoms with Crippen LogP contribution in [0, 0.1) is 0 Å². The second-order valence-electron chi connectivity index (χ2n) is 5.57. The maximum atomic E-state index is 11.1. The number of methoxy groups -OCH3 is 1. The van der Waals surface area contributed by atoms with E-state index in [0.29, 0.717) is 0 Å². The molecule has 7 heteroatoms. The lowest BCUT2D eigenvalue weighted by Gasteiger charge is -2.31. The standard InChI is InChI=1S/C8H9BO4.C6H14O2/c1-13-8(10)6-4-2-3-5-7(6)9(11)12;1-5(2,7)6(3,4)8/h2-5,11-12H,1H3;7-8H,1-4H3. The van der Waals surface area contributed by atoms with Crippen LogP contribution in [0.5, 0.6) is 0 Å². The Kier molecular flexibility index (Phi) is 7.05. The van der Waals surface area contributed by atoms with Gasteiger partial charge < -0.3 is 25.0 Å². The molecule has 1 aromatic rings. The molecule has 0 aliphatic heterocycles. The van der Waals surface area contributed by atoms with Crippen LogP contribution in [0.15, 0.2) is 24.3 Å². The lowest BCUT2D eigenvalue weighted by molar-refractivity contribution is -0.107. The fraction of sp³-hybridized carbons (Fsp3) is 0.500. The molecule has 0 spiro atoms. The van der Waals surface area contributed by atoms with Crippen molar-refractivity contribution in [2.24, 2.45) is 0 Å². The first-order valence-corrected chi connectivity index (χ1v) is 6.40. The maximum absolute atomic E-state index is 11.1. The van der Waals surface area contributed by atoms with Gasteiger partial charge in [-0.25, -0.2) is 4.79 Å². The van der Waals surface area contributed by atoms with Gasteiger partial charge in [0.2, 0.25) is 0 Å². The first kappa shape index (κ1) is 19.6. The van der Waals surface area contributed by atoms with Crippen LogP contribution in [0.25, 0.3) is 0 Å². The first-order chi connectivity index (χ1) is 9.41. The Morgan fingerprint density at radius 2 is 1.48 bits per heavy atom. The number of carbonyl (C=O) groups is 1. The van der Waals surface area contributed by atoms with Crippen molar-refractivity contribution in [2.75, 3.05) is 7.11 Å². The van der Waals surface area contributed by atoms with Crippen LogP contribution in [0.1, 0.15) is 38.1 Å². The Hall–Kier alpha value is -1.41. The van der Waals surface area contributed by atoms with Crippen LogP contribution in [0.4, 0.5) is 0 Å². The van der Waals surface area contributed by atoms with Gasteiger partial charge in [-0.2, -0.15) is 0 Å². The van der Waals surface area contributed by atoms with Gasteiger partial charge in [0.15, 0.2) is 0 Å². The van der Waals surface area contributed by atoms with E-state index in [0.717, 1.165) is 0 Å². The van der Waals surface area contributed by atoms with Crippen molar-refractivity contribution in [3.05, 3.63) is 29.8 Å². The van der Waals surface area contributed by atoms with Crippen molar-refractivity contribution in [3.8, 4) is 0 Å². The molecule has 0 saturated carbocycles. The zero-order valence-electron chi connectivity index (χ0n) is 13.0. The Morgan fingerprint density at radius 1 is 1.05 bits per heavy atom. The van der Waals surface area contributed by atoms with Gasteiger partial charge in [-0.3, -0.25) is 0 Å². The number of benzene rings is 1. The smallest absolute Gasteiger partial charge is 0.465 e. The van der Waals surface area contributed by atoms with E-state index >= 15 is 0 Å². The fourth-order valence-corrected chi connectivity index (χ4v) is 1.02. The molecule has 1 rings (SSSR count). The van der Waals surface area contributed by atoms with Crippen LogP contribution in [0.3, 0.4) is 0 Å². The molecule has 0 fully saturated rings. The maximum Gasteiger partial charge on any atom is 0.489 e. The van der Waals surface area contributed by atoms with Crippen molar-refractivity contribution in [3.63, 3.8) is 0 Å². The van der Waals surface area contributed by atoms with Crippen molar-refractivity contribution in [1.29, 1.82) is 0 Å². The van der Waals surface area contributed by atoms with E-state index in [-0.39, 0.29) is 11.0 Å². The number of esters is 1. The molecule has 4 N–H and O–H groups in total.